The van der Waals surface area contributed by atoms with Crippen LogP contribution in [0.2, 0.25) is 0 Å². The number of ether oxygens (including phenoxy) is 2. The van der Waals surface area contributed by atoms with E-state index in [1.807, 2.05) is 0 Å². The Bertz CT molecular complexity index is 498. The van der Waals surface area contributed by atoms with Crippen LogP contribution in [0.25, 0.3) is 0 Å². The number of methoxy groups -OCH3 is 2. The van der Waals surface area contributed by atoms with Crippen molar-refractivity contribution < 1.29 is 14.3 Å². The van der Waals surface area contributed by atoms with Gasteiger partial charge in [0.1, 0.15) is 11.5 Å². The maximum Gasteiger partial charge on any atom is 0.255 e. The molecule has 5 heteroatoms. The van der Waals surface area contributed by atoms with Crippen molar-refractivity contribution in [2.75, 3.05) is 19.5 Å². The smallest absolute Gasteiger partial charge is 0.255 e. The summed E-state index contributed by atoms with van der Waals surface area (Å²) in [4.78, 5) is 12.7. The van der Waals surface area contributed by atoms with Gasteiger partial charge in [-0.05, 0) is 31.0 Å². The Morgan fingerprint density at radius 3 is 2.52 bits per heavy atom. The normalized spacial score (nSPS) is 17.1. The number of alkyl halides is 1. The molecule has 0 saturated heterocycles. The van der Waals surface area contributed by atoms with Crippen LogP contribution in [-0.4, -0.2) is 31.0 Å². The first-order valence-corrected chi connectivity index (χ1v) is 8.37. The van der Waals surface area contributed by atoms with E-state index in [1.54, 1.807) is 32.4 Å². The van der Waals surface area contributed by atoms with E-state index in [0.29, 0.717) is 17.1 Å². The van der Waals surface area contributed by atoms with Crippen LogP contribution in [0.3, 0.4) is 0 Å². The predicted octanol–water partition coefficient (Wildman–Crippen LogP) is 3.53. The number of carbonyl (C=O) groups excluding carboxylic acids is 1. The van der Waals surface area contributed by atoms with Crippen LogP contribution in [0, 0.1) is 0 Å². The third kappa shape index (κ3) is 3.70. The van der Waals surface area contributed by atoms with Crippen molar-refractivity contribution in [3.8, 4) is 11.5 Å². The molecule has 0 unspecified atom stereocenters. The van der Waals surface area contributed by atoms with E-state index in [1.165, 1.54) is 6.42 Å². The van der Waals surface area contributed by atoms with E-state index >= 15 is 0 Å². The Hall–Kier alpha value is -1.23. The second kappa shape index (κ2) is 7.16. The lowest BCUT2D eigenvalue weighted by atomic mass is 9.83. The fraction of sp³-hybridized carbons (Fsp3) is 0.562. The highest BCUT2D eigenvalue weighted by atomic mass is 79.9. The molecule has 2 rings (SSSR count). The van der Waals surface area contributed by atoms with Gasteiger partial charge in [0.2, 0.25) is 0 Å². The summed E-state index contributed by atoms with van der Waals surface area (Å²) in [7, 11) is 3.16. The molecule has 21 heavy (non-hydrogen) atoms. The van der Waals surface area contributed by atoms with Crippen LogP contribution in [0.4, 0.5) is 0 Å². The molecular weight excluding hydrogens is 334 g/mol. The molecule has 0 spiro atoms. The molecule has 1 fully saturated rings. The second-order valence-electron chi connectivity index (χ2n) is 5.49. The monoisotopic (exact) mass is 355 g/mol. The lowest BCUT2D eigenvalue weighted by molar-refractivity contribution is 0.0883. The van der Waals surface area contributed by atoms with E-state index in [9.17, 15) is 4.79 Å². The minimum Gasteiger partial charge on any atom is -0.497 e. The number of benzene rings is 1. The highest BCUT2D eigenvalue weighted by molar-refractivity contribution is 9.09. The molecular formula is C16H22BrNO3. The summed E-state index contributed by atoms with van der Waals surface area (Å²) in [5, 5.41) is 3.98. The van der Waals surface area contributed by atoms with Gasteiger partial charge in [0, 0.05) is 5.33 Å². The lowest BCUT2D eigenvalue weighted by Crippen LogP contribution is -2.51. The van der Waals surface area contributed by atoms with Crippen molar-refractivity contribution in [3.05, 3.63) is 23.8 Å². The van der Waals surface area contributed by atoms with Crippen molar-refractivity contribution >= 4 is 21.8 Å². The summed E-state index contributed by atoms with van der Waals surface area (Å²) in [5.41, 5.74) is 0.367. The maximum atomic E-state index is 12.7. The van der Waals surface area contributed by atoms with Crippen LogP contribution in [-0.2, 0) is 0 Å². The Morgan fingerprint density at radius 2 is 1.95 bits per heavy atom. The van der Waals surface area contributed by atoms with Gasteiger partial charge in [-0.1, -0.05) is 35.2 Å². The van der Waals surface area contributed by atoms with Crippen LogP contribution in [0.1, 0.15) is 42.5 Å². The van der Waals surface area contributed by atoms with Crippen LogP contribution < -0.4 is 14.8 Å². The zero-order chi connectivity index (χ0) is 15.3. The largest absolute Gasteiger partial charge is 0.497 e. The topological polar surface area (TPSA) is 47.6 Å². The molecule has 1 aromatic rings. The van der Waals surface area contributed by atoms with Gasteiger partial charge in [-0.25, -0.2) is 0 Å². The van der Waals surface area contributed by atoms with E-state index in [-0.39, 0.29) is 11.4 Å². The molecule has 0 aromatic heterocycles. The van der Waals surface area contributed by atoms with E-state index < -0.39 is 0 Å². The maximum absolute atomic E-state index is 12.7. The zero-order valence-corrected chi connectivity index (χ0v) is 14.2. The van der Waals surface area contributed by atoms with Gasteiger partial charge in [0.15, 0.2) is 0 Å². The highest BCUT2D eigenvalue weighted by Crippen LogP contribution is 2.31. The van der Waals surface area contributed by atoms with E-state index in [0.717, 1.165) is 31.0 Å². The van der Waals surface area contributed by atoms with Gasteiger partial charge in [-0.2, -0.15) is 0 Å². The number of hydrogen-bond donors (Lipinski definition) is 1. The Balaban J connectivity index is 2.22. The minimum absolute atomic E-state index is 0.105. The zero-order valence-electron chi connectivity index (χ0n) is 12.6. The molecule has 1 aromatic carbocycles. The SMILES string of the molecule is COc1ccc(OC)c(C(=O)NC2(CBr)CCCCC2)c1. The predicted molar refractivity (Wildman–Crippen MR) is 86.6 cm³/mol. The Kier molecular flexibility index (Phi) is 5.51. The number of nitrogens with one attached hydrogen (secondary N) is 1. The van der Waals surface area contributed by atoms with Crippen LogP contribution in [0.5, 0.6) is 11.5 Å². The van der Waals surface area contributed by atoms with Gasteiger partial charge < -0.3 is 14.8 Å². The first-order valence-electron chi connectivity index (χ1n) is 7.24. The molecule has 1 amide bonds. The molecule has 1 aliphatic carbocycles. The van der Waals surface area contributed by atoms with Crippen LogP contribution >= 0.6 is 15.9 Å². The van der Waals surface area contributed by atoms with Gasteiger partial charge in [0.25, 0.3) is 5.91 Å². The summed E-state index contributed by atoms with van der Waals surface area (Å²) in [5.74, 6) is 1.11. The molecule has 0 atom stereocenters. The quantitative estimate of drug-likeness (QED) is 0.821. The third-order valence-electron chi connectivity index (χ3n) is 4.10. The van der Waals surface area contributed by atoms with E-state index in [2.05, 4.69) is 21.2 Å². The van der Waals surface area contributed by atoms with Crippen molar-refractivity contribution in [1.29, 1.82) is 0 Å². The number of amides is 1. The molecule has 0 radical (unpaired) electrons. The summed E-state index contributed by atoms with van der Waals surface area (Å²) >= 11 is 3.56. The van der Waals surface area contributed by atoms with Gasteiger partial charge in [-0.3, -0.25) is 4.79 Å². The summed E-state index contributed by atoms with van der Waals surface area (Å²) in [6.45, 7) is 0. The van der Waals surface area contributed by atoms with Gasteiger partial charge in [0.05, 0.1) is 25.3 Å². The average Bonchev–Trinajstić information content (AvgIpc) is 2.55. The van der Waals surface area contributed by atoms with Gasteiger partial charge >= 0.3 is 0 Å². The summed E-state index contributed by atoms with van der Waals surface area (Å²) in [6.07, 6.45) is 5.57. The average molecular weight is 356 g/mol. The van der Waals surface area contributed by atoms with Crippen LogP contribution in [0.15, 0.2) is 18.2 Å². The first-order chi connectivity index (χ1) is 10.1. The highest BCUT2D eigenvalue weighted by Gasteiger charge is 2.33. The van der Waals surface area contributed by atoms with E-state index in [4.69, 9.17) is 9.47 Å². The van der Waals surface area contributed by atoms with Gasteiger partial charge in [-0.15, -0.1) is 0 Å². The van der Waals surface area contributed by atoms with Crippen molar-refractivity contribution in [1.82, 2.24) is 5.32 Å². The number of halogens is 1. The molecule has 1 N–H and O–H groups in total. The lowest BCUT2D eigenvalue weighted by Gasteiger charge is -2.36. The molecule has 116 valence electrons. The number of hydrogen-bond acceptors (Lipinski definition) is 3. The Labute approximate surface area is 134 Å². The summed E-state index contributed by atoms with van der Waals surface area (Å²) < 4.78 is 10.5. The van der Waals surface area contributed by atoms with Crippen molar-refractivity contribution in [2.24, 2.45) is 0 Å². The number of carbonyl (C=O) groups is 1. The first kappa shape index (κ1) is 16.1. The second-order valence-corrected chi connectivity index (χ2v) is 6.06. The molecule has 1 saturated carbocycles. The molecule has 1 aliphatic rings. The Morgan fingerprint density at radius 1 is 1.24 bits per heavy atom. The minimum atomic E-state index is -0.149. The number of rotatable bonds is 5. The molecule has 0 heterocycles. The third-order valence-corrected chi connectivity index (χ3v) is 5.17. The molecule has 4 nitrogen and oxygen atoms in total. The molecule has 0 aliphatic heterocycles. The fourth-order valence-electron chi connectivity index (χ4n) is 2.82. The molecule has 0 bridgehead atoms. The van der Waals surface area contributed by atoms with Crippen molar-refractivity contribution in [3.63, 3.8) is 0 Å². The standard InChI is InChI=1S/C16H22BrNO3/c1-20-12-6-7-14(21-2)13(10-12)15(19)18-16(11-17)8-4-3-5-9-16/h6-7,10H,3-5,8-9,11H2,1-2H3,(H,18,19). The fourth-order valence-corrected chi connectivity index (χ4v) is 3.52. The summed E-state index contributed by atoms with van der Waals surface area (Å²) in [6, 6.07) is 5.27. The van der Waals surface area contributed by atoms with Crippen molar-refractivity contribution in [2.45, 2.75) is 37.6 Å².